The van der Waals surface area contributed by atoms with Gasteiger partial charge in [0.15, 0.2) is 0 Å². The van der Waals surface area contributed by atoms with Crippen molar-refractivity contribution in [2.45, 2.75) is 26.1 Å². The summed E-state index contributed by atoms with van der Waals surface area (Å²) < 4.78 is 5.03. The molecule has 0 aromatic heterocycles. The molecule has 0 bridgehead atoms. The largest absolute Gasteiger partial charge is 0.387 e. The second-order valence-corrected chi connectivity index (χ2v) is 3.89. The summed E-state index contributed by atoms with van der Waals surface area (Å²) in [6.45, 7) is 4.28. The third-order valence-corrected chi connectivity index (χ3v) is 2.44. The van der Waals surface area contributed by atoms with Gasteiger partial charge < -0.3 is 15.2 Å². The standard InChI is InChI=1S/C13H21NO2/c1-3-8-14-9-13(15)12-6-4-11(5-7-12)10-16-2/h4-7,13-15H,3,8-10H2,1-2H3. The summed E-state index contributed by atoms with van der Waals surface area (Å²) in [5.41, 5.74) is 2.07. The average molecular weight is 223 g/mol. The van der Waals surface area contributed by atoms with Gasteiger partial charge >= 0.3 is 0 Å². The first-order valence-corrected chi connectivity index (χ1v) is 5.74. The minimum Gasteiger partial charge on any atom is -0.387 e. The third kappa shape index (κ3) is 4.31. The summed E-state index contributed by atoms with van der Waals surface area (Å²) >= 11 is 0. The van der Waals surface area contributed by atoms with Crippen LogP contribution in [0.1, 0.15) is 30.6 Å². The molecular weight excluding hydrogens is 202 g/mol. The zero-order valence-corrected chi connectivity index (χ0v) is 10.1. The van der Waals surface area contributed by atoms with E-state index in [4.69, 9.17) is 4.74 Å². The van der Waals surface area contributed by atoms with Crippen molar-refractivity contribution in [1.29, 1.82) is 0 Å². The maximum atomic E-state index is 9.87. The number of aliphatic hydroxyl groups excluding tert-OH is 1. The molecule has 2 N–H and O–H groups in total. The summed E-state index contributed by atoms with van der Waals surface area (Å²) in [6.07, 6.45) is 0.655. The Bertz CT molecular complexity index is 284. The Balaban J connectivity index is 2.46. The van der Waals surface area contributed by atoms with Crippen LogP contribution in [0.15, 0.2) is 24.3 Å². The predicted molar refractivity (Wildman–Crippen MR) is 65.3 cm³/mol. The maximum Gasteiger partial charge on any atom is 0.0914 e. The fourth-order valence-corrected chi connectivity index (χ4v) is 1.54. The van der Waals surface area contributed by atoms with E-state index in [1.807, 2.05) is 24.3 Å². The van der Waals surface area contributed by atoms with Gasteiger partial charge in [0.1, 0.15) is 0 Å². The smallest absolute Gasteiger partial charge is 0.0914 e. The van der Waals surface area contributed by atoms with Gasteiger partial charge in [-0.25, -0.2) is 0 Å². The van der Waals surface area contributed by atoms with Gasteiger partial charge in [-0.15, -0.1) is 0 Å². The molecule has 1 atom stereocenters. The fraction of sp³-hybridized carbons (Fsp3) is 0.538. The lowest BCUT2D eigenvalue weighted by Crippen LogP contribution is -2.22. The molecule has 90 valence electrons. The number of hydrogen-bond donors (Lipinski definition) is 2. The summed E-state index contributed by atoms with van der Waals surface area (Å²) in [4.78, 5) is 0. The molecule has 1 aromatic carbocycles. The number of methoxy groups -OCH3 is 1. The van der Waals surface area contributed by atoms with Crippen LogP contribution in [0.4, 0.5) is 0 Å². The highest BCUT2D eigenvalue weighted by Gasteiger charge is 2.06. The highest BCUT2D eigenvalue weighted by Crippen LogP contribution is 2.13. The maximum absolute atomic E-state index is 9.87. The van der Waals surface area contributed by atoms with E-state index in [1.54, 1.807) is 7.11 Å². The van der Waals surface area contributed by atoms with Crippen molar-refractivity contribution in [2.75, 3.05) is 20.2 Å². The highest BCUT2D eigenvalue weighted by atomic mass is 16.5. The first-order chi connectivity index (χ1) is 7.77. The molecule has 3 nitrogen and oxygen atoms in total. The van der Waals surface area contributed by atoms with E-state index in [9.17, 15) is 5.11 Å². The second-order valence-electron chi connectivity index (χ2n) is 3.89. The lowest BCUT2D eigenvalue weighted by atomic mass is 10.1. The zero-order valence-electron chi connectivity index (χ0n) is 10.1. The Hall–Kier alpha value is -0.900. The van der Waals surface area contributed by atoms with Gasteiger partial charge in [0.25, 0.3) is 0 Å². The van der Waals surface area contributed by atoms with Crippen molar-refractivity contribution in [3.8, 4) is 0 Å². The number of hydrogen-bond acceptors (Lipinski definition) is 3. The van der Waals surface area contributed by atoms with Crippen molar-refractivity contribution in [2.24, 2.45) is 0 Å². The van der Waals surface area contributed by atoms with Crippen molar-refractivity contribution in [3.63, 3.8) is 0 Å². The Labute approximate surface area is 97.4 Å². The van der Waals surface area contributed by atoms with Crippen LogP contribution in [0.5, 0.6) is 0 Å². The molecule has 0 amide bonds. The van der Waals surface area contributed by atoms with Crippen LogP contribution in [0, 0.1) is 0 Å². The summed E-state index contributed by atoms with van der Waals surface area (Å²) in [6, 6.07) is 7.88. The first-order valence-electron chi connectivity index (χ1n) is 5.74. The molecule has 16 heavy (non-hydrogen) atoms. The monoisotopic (exact) mass is 223 g/mol. The van der Waals surface area contributed by atoms with Crippen LogP contribution in [0.3, 0.4) is 0 Å². The van der Waals surface area contributed by atoms with Crippen LogP contribution in [-0.2, 0) is 11.3 Å². The molecule has 0 spiro atoms. The van der Waals surface area contributed by atoms with E-state index in [1.165, 1.54) is 0 Å². The number of rotatable bonds is 7. The van der Waals surface area contributed by atoms with E-state index in [0.29, 0.717) is 13.2 Å². The van der Waals surface area contributed by atoms with Gasteiger partial charge in [0.2, 0.25) is 0 Å². The third-order valence-electron chi connectivity index (χ3n) is 2.44. The molecule has 3 heteroatoms. The van der Waals surface area contributed by atoms with Gasteiger partial charge in [-0.2, -0.15) is 0 Å². The Morgan fingerprint density at radius 3 is 2.56 bits per heavy atom. The molecule has 1 rings (SSSR count). The van der Waals surface area contributed by atoms with Gasteiger partial charge in [-0.1, -0.05) is 31.2 Å². The summed E-state index contributed by atoms with van der Waals surface area (Å²) in [7, 11) is 1.68. The topological polar surface area (TPSA) is 41.5 Å². The zero-order chi connectivity index (χ0) is 11.8. The lowest BCUT2D eigenvalue weighted by molar-refractivity contribution is 0.174. The Morgan fingerprint density at radius 2 is 2.00 bits per heavy atom. The van der Waals surface area contributed by atoms with E-state index < -0.39 is 6.10 Å². The molecule has 0 radical (unpaired) electrons. The molecule has 1 unspecified atom stereocenters. The molecule has 0 saturated carbocycles. The minimum atomic E-state index is -0.428. The molecule has 0 aliphatic carbocycles. The molecular formula is C13H21NO2. The normalized spacial score (nSPS) is 12.7. The van der Waals surface area contributed by atoms with E-state index >= 15 is 0 Å². The fourth-order valence-electron chi connectivity index (χ4n) is 1.54. The second kappa shape index (κ2) is 7.39. The molecule has 0 aliphatic rings. The quantitative estimate of drug-likeness (QED) is 0.693. The average Bonchev–Trinajstić information content (AvgIpc) is 2.30. The highest BCUT2D eigenvalue weighted by molar-refractivity contribution is 5.23. The van der Waals surface area contributed by atoms with Crippen LogP contribution >= 0.6 is 0 Å². The Kier molecular flexibility index (Phi) is 6.08. The molecule has 0 heterocycles. The van der Waals surface area contributed by atoms with Crippen LogP contribution in [0.25, 0.3) is 0 Å². The number of benzene rings is 1. The SMILES string of the molecule is CCCNCC(O)c1ccc(COC)cc1. The number of aliphatic hydroxyl groups is 1. The first kappa shape index (κ1) is 13.2. The van der Waals surface area contributed by atoms with Gasteiger partial charge in [-0.05, 0) is 24.1 Å². The van der Waals surface area contributed by atoms with Crippen molar-refractivity contribution >= 4 is 0 Å². The van der Waals surface area contributed by atoms with Crippen molar-refractivity contribution in [3.05, 3.63) is 35.4 Å². The van der Waals surface area contributed by atoms with E-state index in [-0.39, 0.29) is 0 Å². The van der Waals surface area contributed by atoms with Gasteiger partial charge in [0.05, 0.1) is 12.7 Å². The van der Waals surface area contributed by atoms with Crippen LogP contribution in [0.2, 0.25) is 0 Å². The summed E-state index contributed by atoms with van der Waals surface area (Å²) in [5, 5.41) is 13.1. The van der Waals surface area contributed by atoms with E-state index in [0.717, 1.165) is 24.1 Å². The molecule has 0 aliphatic heterocycles. The lowest BCUT2D eigenvalue weighted by Gasteiger charge is -2.12. The Morgan fingerprint density at radius 1 is 1.31 bits per heavy atom. The minimum absolute atomic E-state index is 0.428. The number of ether oxygens (including phenoxy) is 1. The molecule has 0 fully saturated rings. The number of nitrogens with one attached hydrogen (secondary N) is 1. The van der Waals surface area contributed by atoms with E-state index in [2.05, 4.69) is 12.2 Å². The van der Waals surface area contributed by atoms with Crippen molar-refractivity contribution in [1.82, 2.24) is 5.32 Å². The molecule has 0 saturated heterocycles. The van der Waals surface area contributed by atoms with Crippen LogP contribution < -0.4 is 5.32 Å². The summed E-state index contributed by atoms with van der Waals surface area (Å²) in [5.74, 6) is 0. The van der Waals surface area contributed by atoms with Crippen molar-refractivity contribution < 1.29 is 9.84 Å². The molecule has 1 aromatic rings. The van der Waals surface area contributed by atoms with Crippen LogP contribution in [-0.4, -0.2) is 25.3 Å². The predicted octanol–water partition coefficient (Wildman–Crippen LogP) is 1.87. The van der Waals surface area contributed by atoms with Gasteiger partial charge in [0, 0.05) is 13.7 Å². The van der Waals surface area contributed by atoms with Gasteiger partial charge in [-0.3, -0.25) is 0 Å².